The number of fused-ring (bicyclic) bond motifs is 1. The van der Waals surface area contributed by atoms with Crippen LogP contribution in [0.25, 0.3) is 0 Å². The summed E-state index contributed by atoms with van der Waals surface area (Å²) in [6, 6.07) is 10.6. The molecular formula is C15H12Br2FNO. The number of anilines is 1. The molecule has 0 spiro atoms. The van der Waals surface area contributed by atoms with Gasteiger partial charge in [-0.25, -0.2) is 4.39 Å². The molecule has 20 heavy (non-hydrogen) atoms. The van der Waals surface area contributed by atoms with Crippen molar-refractivity contribution in [3.05, 3.63) is 56.7 Å². The van der Waals surface area contributed by atoms with Crippen molar-refractivity contribution in [1.29, 1.82) is 0 Å². The first-order chi connectivity index (χ1) is 9.61. The molecule has 1 aliphatic heterocycles. The minimum absolute atomic E-state index is 0.0256. The molecule has 2 nitrogen and oxygen atoms in total. The number of ether oxygens (including phenoxy) is 1. The van der Waals surface area contributed by atoms with E-state index in [1.54, 1.807) is 12.1 Å². The van der Waals surface area contributed by atoms with Crippen LogP contribution in [0.1, 0.15) is 5.56 Å². The average molecular weight is 401 g/mol. The molecule has 1 heterocycles. The highest BCUT2D eigenvalue weighted by molar-refractivity contribution is 9.11. The first-order valence-electron chi connectivity index (χ1n) is 6.26. The summed E-state index contributed by atoms with van der Waals surface area (Å²) in [5.41, 5.74) is 1.94. The monoisotopic (exact) mass is 399 g/mol. The summed E-state index contributed by atoms with van der Waals surface area (Å²) in [6.07, 6.45) is 0.754. The minimum atomic E-state index is -0.212. The lowest BCUT2D eigenvalue weighted by atomic mass is 10.1. The van der Waals surface area contributed by atoms with Crippen LogP contribution in [-0.4, -0.2) is 12.6 Å². The van der Waals surface area contributed by atoms with Crippen molar-refractivity contribution in [2.75, 3.05) is 11.9 Å². The van der Waals surface area contributed by atoms with Crippen molar-refractivity contribution in [2.45, 2.75) is 12.5 Å². The molecule has 2 aromatic rings. The molecule has 0 radical (unpaired) electrons. The van der Waals surface area contributed by atoms with Crippen LogP contribution in [0.3, 0.4) is 0 Å². The summed E-state index contributed by atoms with van der Waals surface area (Å²) in [7, 11) is 0. The summed E-state index contributed by atoms with van der Waals surface area (Å²) < 4.78 is 21.0. The quantitative estimate of drug-likeness (QED) is 0.801. The predicted molar refractivity (Wildman–Crippen MR) is 84.9 cm³/mol. The second-order valence-corrected chi connectivity index (χ2v) is 6.47. The highest BCUT2D eigenvalue weighted by atomic mass is 79.9. The van der Waals surface area contributed by atoms with Gasteiger partial charge in [0.2, 0.25) is 0 Å². The summed E-state index contributed by atoms with van der Waals surface area (Å²) in [5.74, 6) is 0.571. The fourth-order valence-electron chi connectivity index (χ4n) is 2.26. The van der Waals surface area contributed by atoms with E-state index >= 15 is 0 Å². The number of nitrogens with one attached hydrogen (secondary N) is 1. The van der Waals surface area contributed by atoms with Gasteiger partial charge in [-0.1, -0.05) is 15.9 Å². The Balaban J connectivity index is 1.65. The molecule has 3 rings (SSSR count). The van der Waals surface area contributed by atoms with Gasteiger partial charge in [-0.15, -0.1) is 0 Å². The molecule has 2 aromatic carbocycles. The molecule has 0 amide bonds. The largest absolute Gasteiger partial charge is 0.488 e. The topological polar surface area (TPSA) is 21.3 Å². The van der Waals surface area contributed by atoms with E-state index in [9.17, 15) is 4.39 Å². The normalized spacial score (nSPS) is 16.6. The second kappa shape index (κ2) is 5.74. The van der Waals surface area contributed by atoms with Gasteiger partial charge in [-0.3, -0.25) is 0 Å². The molecule has 104 valence electrons. The van der Waals surface area contributed by atoms with E-state index < -0.39 is 0 Å². The third-order valence-electron chi connectivity index (χ3n) is 3.21. The fourth-order valence-corrected chi connectivity index (χ4v) is 3.01. The van der Waals surface area contributed by atoms with Gasteiger partial charge in [0.05, 0.1) is 6.54 Å². The molecule has 1 unspecified atom stereocenters. The summed E-state index contributed by atoms with van der Waals surface area (Å²) in [5, 5.41) is 3.35. The van der Waals surface area contributed by atoms with E-state index in [4.69, 9.17) is 4.74 Å². The molecule has 1 aliphatic rings. The zero-order valence-electron chi connectivity index (χ0n) is 10.5. The molecule has 0 fully saturated rings. The summed E-state index contributed by atoms with van der Waals surface area (Å²) in [4.78, 5) is 0. The number of hydrogen-bond acceptors (Lipinski definition) is 2. The first kappa shape index (κ1) is 13.9. The van der Waals surface area contributed by atoms with Crippen LogP contribution >= 0.6 is 31.9 Å². The van der Waals surface area contributed by atoms with Gasteiger partial charge in [-0.2, -0.15) is 0 Å². The smallest absolute Gasteiger partial charge is 0.123 e. The van der Waals surface area contributed by atoms with Crippen LogP contribution in [0.15, 0.2) is 45.3 Å². The fraction of sp³-hybridized carbons (Fsp3) is 0.200. The molecule has 0 aliphatic carbocycles. The number of hydrogen-bond donors (Lipinski definition) is 1. The molecular weight excluding hydrogens is 389 g/mol. The Hall–Kier alpha value is -1.07. The van der Waals surface area contributed by atoms with E-state index in [1.807, 2.05) is 18.2 Å². The lowest BCUT2D eigenvalue weighted by molar-refractivity contribution is 0.246. The van der Waals surface area contributed by atoms with E-state index in [0.29, 0.717) is 6.54 Å². The van der Waals surface area contributed by atoms with Crippen molar-refractivity contribution in [3.63, 3.8) is 0 Å². The van der Waals surface area contributed by atoms with Crippen LogP contribution in [0, 0.1) is 5.82 Å². The summed E-state index contributed by atoms with van der Waals surface area (Å²) in [6.45, 7) is 0.672. The zero-order valence-corrected chi connectivity index (χ0v) is 13.7. The van der Waals surface area contributed by atoms with Gasteiger partial charge in [0.15, 0.2) is 0 Å². The Bertz CT molecular complexity index is 648. The van der Waals surface area contributed by atoms with Gasteiger partial charge in [0.25, 0.3) is 0 Å². The maximum Gasteiger partial charge on any atom is 0.123 e. The van der Waals surface area contributed by atoms with Crippen LogP contribution in [0.5, 0.6) is 5.75 Å². The zero-order chi connectivity index (χ0) is 14.1. The second-order valence-electron chi connectivity index (χ2n) is 4.70. The molecule has 0 aromatic heterocycles. The van der Waals surface area contributed by atoms with Crippen LogP contribution < -0.4 is 10.1 Å². The van der Waals surface area contributed by atoms with Gasteiger partial charge in [-0.05, 0) is 52.3 Å². The molecule has 0 saturated heterocycles. The maximum absolute atomic E-state index is 13.2. The van der Waals surface area contributed by atoms with Gasteiger partial charge >= 0.3 is 0 Å². The van der Waals surface area contributed by atoms with Crippen molar-refractivity contribution < 1.29 is 9.13 Å². The Morgan fingerprint density at radius 3 is 2.90 bits per heavy atom. The van der Waals surface area contributed by atoms with Crippen molar-refractivity contribution >= 4 is 37.5 Å². The van der Waals surface area contributed by atoms with Crippen molar-refractivity contribution in [3.8, 4) is 5.75 Å². The number of rotatable bonds is 3. The Kier molecular flexibility index (Phi) is 3.98. The highest BCUT2D eigenvalue weighted by Gasteiger charge is 2.23. The lowest BCUT2D eigenvalue weighted by Crippen LogP contribution is -2.24. The third kappa shape index (κ3) is 2.99. The first-order valence-corrected chi connectivity index (χ1v) is 7.84. The van der Waals surface area contributed by atoms with Crippen molar-refractivity contribution in [2.24, 2.45) is 0 Å². The molecule has 0 saturated carbocycles. The SMILES string of the molecule is Fc1ccc2c(c1)CC(CNc1cc(Br)ccc1Br)O2. The molecule has 1 N–H and O–H groups in total. The van der Waals surface area contributed by atoms with Crippen LogP contribution in [0.2, 0.25) is 0 Å². The Morgan fingerprint density at radius 1 is 1.20 bits per heavy atom. The van der Waals surface area contributed by atoms with Gasteiger partial charge in [0.1, 0.15) is 17.7 Å². The Morgan fingerprint density at radius 2 is 2.05 bits per heavy atom. The molecule has 0 bridgehead atoms. The van der Waals surface area contributed by atoms with E-state index in [-0.39, 0.29) is 11.9 Å². The predicted octanol–water partition coefficient (Wildman–Crippen LogP) is 4.77. The standard InChI is InChI=1S/C15H12Br2FNO/c16-10-1-3-13(17)14(7-10)19-8-12-6-9-5-11(18)2-4-15(9)20-12/h1-5,7,12,19H,6,8H2. The van der Waals surface area contributed by atoms with E-state index in [2.05, 4.69) is 37.2 Å². The van der Waals surface area contributed by atoms with Gasteiger partial charge in [0, 0.05) is 26.6 Å². The maximum atomic E-state index is 13.2. The molecule has 5 heteroatoms. The van der Waals surface area contributed by atoms with Crippen LogP contribution in [-0.2, 0) is 6.42 Å². The summed E-state index contributed by atoms with van der Waals surface area (Å²) >= 11 is 6.95. The number of halogens is 3. The lowest BCUT2D eigenvalue weighted by Gasteiger charge is -2.14. The highest BCUT2D eigenvalue weighted by Crippen LogP contribution is 2.30. The van der Waals surface area contributed by atoms with E-state index in [0.717, 1.165) is 32.4 Å². The Labute approximate surface area is 133 Å². The van der Waals surface area contributed by atoms with Crippen molar-refractivity contribution in [1.82, 2.24) is 0 Å². The van der Waals surface area contributed by atoms with Gasteiger partial charge < -0.3 is 10.1 Å². The molecule has 1 atom stereocenters. The minimum Gasteiger partial charge on any atom is -0.488 e. The van der Waals surface area contributed by atoms with E-state index in [1.165, 1.54) is 6.07 Å². The number of benzene rings is 2. The average Bonchev–Trinajstić information content (AvgIpc) is 2.81. The van der Waals surface area contributed by atoms with Crippen LogP contribution in [0.4, 0.5) is 10.1 Å². The third-order valence-corrected chi connectivity index (χ3v) is 4.40.